The minimum absolute atomic E-state index is 0.00850. The largest absolute Gasteiger partial charge is 0.299 e. The molecular formula is C15H23NO. The fourth-order valence-corrected chi connectivity index (χ4v) is 4.57. The molecule has 0 spiro atoms. The van der Waals surface area contributed by atoms with Gasteiger partial charge in [0.1, 0.15) is 5.78 Å². The maximum Gasteiger partial charge on any atom is 0.137 e. The second-order valence-corrected chi connectivity index (χ2v) is 6.82. The summed E-state index contributed by atoms with van der Waals surface area (Å²) in [7, 11) is 0. The second kappa shape index (κ2) is 4.12. The predicted molar refractivity (Wildman–Crippen MR) is 67.2 cm³/mol. The van der Waals surface area contributed by atoms with Crippen LogP contribution in [0.25, 0.3) is 0 Å². The number of carbonyl (C=O) groups excluding carboxylic acids is 1. The molecule has 2 rings (SSSR count). The van der Waals surface area contributed by atoms with Crippen molar-refractivity contribution < 1.29 is 4.79 Å². The van der Waals surface area contributed by atoms with Gasteiger partial charge in [-0.3, -0.25) is 4.79 Å². The van der Waals surface area contributed by atoms with Gasteiger partial charge in [0.2, 0.25) is 0 Å². The molecule has 2 fully saturated rings. The third kappa shape index (κ3) is 1.90. The molecule has 0 N–H and O–H groups in total. The number of Topliss-reactive ketones (excluding diaryl/α,β-unsaturated/α-hetero) is 1. The van der Waals surface area contributed by atoms with E-state index < -0.39 is 0 Å². The highest BCUT2D eigenvalue weighted by molar-refractivity contribution is 5.83. The number of hydrogen-bond donors (Lipinski definition) is 0. The highest BCUT2D eigenvalue weighted by Gasteiger charge is 2.54. The van der Waals surface area contributed by atoms with Crippen LogP contribution >= 0.6 is 0 Å². The number of fused-ring (bicyclic) bond motifs is 1. The Bertz CT molecular complexity index is 366. The van der Waals surface area contributed by atoms with E-state index in [0.29, 0.717) is 30.0 Å². The molecule has 2 heteroatoms. The highest BCUT2D eigenvalue weighted by Crippen LogP contribution is 2.59. The molecule has 0 unspecified atom stereocenters. The smallest absolute Gasteiger partial charge is 0.137 e. The number of hydrogen-bond acceptors (Lipinski definition) is 2. The van der Waals surface area contributed by atoms with Crippen LogP contribution in [0.5, 0.6) is 0 Å². The van der Waals surface area contributed by atoms with E-state index >= 15 is 0 Å². The average Bonchev–Trinajstić information content (AvgIpc) is 2.22. The molecule has 0 aromatic heterocycles. The Kier molecular flexibility index (Phi) is 3.06. The van der Waals surface area contributed by atoms with Crippen LogP contribution in [0.4, 0.5) is 0 Å². The Hall–Kier alpha value is -0.840. The van der Waals surface area contributed by atoms with Crippen molar-refractivity contribution in [2.45, 2.75) is 59.3 Å². The summed E-state index contributed by atoms with van der Waals surface area (Å²) in [4.78, 5) is 12.1. The van der Waals surface area contributed by atoms with Crippen molar-refractivity contribution >= 4 is 5.78 Å². The van der Waals surface area contributed by atoms with E-state index in [2.05, 4.69) is 26.8 Å². The average molecular weight is 233 g/mol. The van der Waals surface area contributed by atoms with Crippen LogP contribution in [0, 0.1) is 34.0 Å². The predicted octanol–water partition coefficient (Wildman–Crippen LogP) is 3.71. The van der Waals surface area contributed by atoms with Gasteiger partial charge in [-0.1, -0.05) is 27.2 Å². The van der Waals surface area contributed by atoms with Crippen molar-refractivity contribution in [1.82, 2.24) is 0 Å². The van der Waals surface area contributed by atoms with Crippen LogP contribution < -0.4 is 0 Å². The lowest BCUT2D eigenvalue weighted by atomic mass is 9.48. The lowest BCUT2D eigenvalue weighted by Crippen LogP contribution is -2.51. The van der Waals surface area contributed by atoms with E-state index in [-0.39, 0.29) is 11.3 Å². The summed E-state index contributed by atoms with van der Waals surface area (Å²) in [6, 6.07) is 2.23. The molecule has 2 nitrogen and oxygen atoms in total. The van der Waals surface area contributed by atoms with Gasteiger partial charge in [-0.15, -0.1) is 0 Å². The molecule has 0 aliphatic heterocycles. The van der Waals surface area contributed by atoms with E-state index in [0.717, 1.165) is 12.8 Å². The van der Waals surface area contributed by atoms with E-state index in [4.69, 9.17) is 5.26 Å². The summed E-state index contributed by atoms with van der Waals surface area (Å²) < 4.78 is 0. The first-order valence-electron chi connectivity index (χ1n) is 6.81. The molecule has 0 bridgehead atoms. The Balaban J connectivity index is 2.35. The molecule has 0 amide bonds. The van der Waals surface area contributed by atoms with Gasteiger partial charge in [0.05, 0.1) is 6.07 Å². The number of nitriles is 1. The van der Waals surface area contributed by atoms with Crippen LogP contribution in [0.3, 0.4) is 0 Å². The minimum atomic E-state index is -0.00850. The lowest BCUT2D eigenvalue weighted by molar-refractivity contribution is -0.142. The van der Waals surface area contributed by atoms with E-state index in [9.17, 15) is 4.79 Å². The van der Waals surface area contributed by atoms with Crippen LogP contribution in [-0.2, 0) is 4.79 Å². The zero-order chi connectivity index (χ0) is 12.7. The number of carbonyl (C=O) groups is 1. The van der Waals surface area contributed by atoms with Gasteiger partial charge < -0.3 is 0 Å². The maximum absolute atomic E-state index is 12.1. The monoisotopic (exact) mass is 233 g/mol. The van der Waals surface area contributed by atoms with Gasteiger partial charge >= 0.3 is 0 Å². The summed E-state index contributed by atoms with van der Waals surface area (Å²) in [6.07, 6.45) is 5.73. The first-order valence-corrected chi connectivity index (χ1v) is 6.81. The topological polar surface area (TPSA) is 40.9 Å². The first kappa shape index (κ1) is 12.6. The van der Waals surface area contributed by atoms with Gasteiger partial charge in [0.25, 0.3) is 0 Å². The third-order valence-corrected chi connectivity index (χ3v) is 5.44. The van der Waals surface area contributed by atoms with Gasteiger partial charge in [-0.05, 0) is 36.0 Å². The molecule has 0 aromatic carbocycles. The van der Waals surface area contributed by atoms with Crippen molar-refractivity contribution in [3.05, 3.63) is 0 Å². The third-order valence-electron chi connectivity index (χ3n) is 5.44. The fourth-order valence-electron chi connectivity index (χ4n) is 4.57. The Morgan fingerprint density at radius 3 is 2.71 bits per heavy atom. The summed E-state index contributed by atoms with van der Waals surface area (Å²) >= 11 is 0. The Morgan fingerprint density at radius 2 is 2.06 bits per heavy atom. The quantitative estimate of drug-likeness (QED) is 0.692. The van der Waals surface area contributed by atoms with Crippen LogP contribution in [0.1, 0.15) is 59.3 Å². The zero-order valence-electron chi connectivity index (χ0n) is 11.3. The van der Waals surface area contributed by atoms with Gasteiger partial charge in [-0.25, -0.2) is 0 Å². The second-order valence-electron chi connectivity index (χ2n) is 6.82. The van der Waals surface area contributed by atoms with Crippen molar-refractivity contribution in [2.75, 3.05) is 0 Å². The van der Waals surface area contributed by atoms with Crippen molar-refractivity contribution in [3.63, 3.8) is 0 Å². The number of rotatable bonds is 1. The van der Waals surface area contributed by atoms with Crippen molar-refractivity contribution in [1.29, 1.82) is 5.26 Å². The normalized spacial score (nSPS) is 40.5. The molecule has 0 radical (unpaired) electrons. The molecule has 2 aliphatic rings. The Labute approximate surface area is 104 Å². The maximum atomic E-state index is 12.1. The van der Waals surface area contributed by atoms with Crippen LogP contribution in [-0.4, -0.2) is 5.78 Å². The SMILES string of the molecule is CC1(C)CCC[C@@]2(C)[C@H](CC#N)C(=O)CC[C@@H]12. The molecule has 94 valence electrons. The molecule has 2 aliphatic carbocycles. The zero-order valence-corrected chi connectivity index (χ0v) is 11.3. The summed E-state index contributed by atoms with van der Waals surface area (Å²) in [6.45, 7) is 6.94. The van der Waals surface area contributed by atoms with Gasteiger partial charge in [0, 0.05) is 18.8 Å². The fraction of sp³-hybridized carbons (Fsp3) is 0.867. The molecule has 0 aromatic rings. The minimum Gasteiger partial charge on any atom is -0.299 e. The van der Waals surface area contributed by atoms with Crippen molar-refractivity contribution in [3.8, 4) is 6.07 Å². The highest BCUT2D eigenvalue weighted by atomic mass is 16.1. The molecule has 17 heavy (non-hydrogen) atoms. The van der Waals surface area contributed by atoms with Crippen molar-refractivity contribution in [2.24, 2.45) is 22.7 Å². The molecule has 2 saturated carbocycles. The molecule has 3 atom stereocenters. The van der Waals surface area contributed by atoms with Crippen LogP contribution in [0.15, 0.2) is 0 Å². The molecule has 0 saturated heterocycles. The van der Waals surface area contributed by atoms with Crippen LogP contribution in [0.2, 0.25) is 0 Å². The summed E-state index contributed by atoms with van der Waals surface area (Å²) in [5.74, 6) is 0.939. The summed E-state index contributed by atoms with van der Waals surface area (Å²) in [5.41, 5.74) is 0.411. The summed E-state index contributed by atoms with van der Waals surface area (Å²) in [5, 5.41) is 8.97. The molecular weight excluding hydrogens is 210 g/mol. The molecule has 0 heterocycles. The van der Waals surface area contributed by atoms with Gasteiger partial charge in [-0.2, -0.15) is 5.26 Å². The Morgan fingerprint density at radius 1 is 1.35 bits per heavy atom. The van der Waals surface area contributed by atoms with E-state index in [1.54, 1.807) is 0 Å². The number of ketones is 1. The standard InChI is InChI=1S/C15H23NO/c1-14(2)8-4-9-15(3)11(7-10-16)12(17)5-6-13(14)15/h11,13H,4-9H2,1-3H3/t11-,13+,15+/m1/s1. The lowest BCUT2D eigenvalue weighted by Gasteiger charge is -2.56. The van der Waals surface area contributed by atoms with E-state index in [1.165, 1.54) is 12.8 Å². The first-order chi connectivity index (χ1) is 7.92. The van der Waals surface area contributed by atoms with E-state index in [1.807, 2.05) is 0 Å². The van der Waals surface area contributed by atoms with Gasteiger partial charge in [0.15, 0.2) is 0 Å². The number of nitrogens with zero attached hydrogens (tertiary/aromatic N) is 1.